The summed E-state index contributed by atoms with van der Waals surface area (Å²) in [6.07, 6.45) is 0. The predicted octanol–water partition coefficient (Wildman–Crippen LogP) is 11.7. The van der Waals surface area contributed by atoms with Gasteiger partial charge in [0, 0.05) is 28.4 Å². The summed E-state index contributed by atoms with van der Waals surface area (Å²) in [7, 11) is -2.89. The number of hydrogen-bond acceptors (Lipinski definition) is 2. The SMILES string of the molecule is Cc1cccc(C)c1N1c2ccc([Si](c3ccccc3)(c3ccccc3)c3ccccc3)cc2B2c3cc(C(C)(C)C)ccc3N(c3ccc(C(C)(C)C)cc3)c3cc(C(C)(C)C)cc1c32. The number of para-hydroxylation sites is 1. The molecule has 2 nitrogen and oxygen atoms in total. The molecule has 2 aliphatic rings. The summed E-state index contributed by atoms with van der Waals surface area (Å²) >= 11 is 0. The third kappa shape index (κ3) is 7.08. The first-order valence-electron chi connectivity index (χ1n) is 23.9. The Morgan fingerprint density at radius 3 is 1.30 bits per heavy atom. The van der Waals surface area contributed by atoms with E-state index >= 15 is 0 Å². The van der Waals surface area contributed by atoms with Crippen molar-refractivity contribution in [2.45, 2.75) is 92.4 Å². The number of benzene rings is 8. The second-order valence-electron chi connectivity index (χ2n) is 22.0. The van der Waals surface area contributed by atoms with E-state index in [9.17, 15) is 0 Å². The van der Waals surface area contributed by atoms with Crippen LogP contribution < -0.4 is 46.9 Å². The molecule has 328 valence electrons. The Hall–Kier alpha value is -6.36. The molecule has 2 aliphatic heterocycles. The first kappa shape index (κ1) is 43.5. The minimum atomic E-state index is -2.89. The summed E-state index contributed by atoms with van der Waals surface area (Å²) < 4.78 is 0. The highest BCUT2D eigenvalue weighted by molar-refractivity contribution is 7.20. The van der Waals surface area contributed by atoms with Gasteiger partial charge in [-0.05, 0) is 131 Å². The summed E-state index contributed by atoms with van der Waals surface area (Å²) in [4.78, 5) is 5.23. The molecule has 0 unspecified atom stereocenters. The maximum atomic E-state index is 2.66. The average Bonchev–Trinajstić information content (AvgIpc) is 3.29. The van der Waals surface area contributed by atoms with Gasteiger partial charge in [-0.2, -0.15) is 0 Å². The maximum absolute atomic E-state index is 2.89. The molecule has 2 heterocycles. The van der Waals surface area contributed by atoms with Crippen LogP contribution in [0.1, 0.15) is 90.1 Å². The fraction of sp³-hybridized carbons (Fsp3) is 0.226. The molecule has 0 amide bonds. The van der Waals surface area contributed by atoms with Gasteiger partial charge in [-0.15, -0.1) is 0 Å². The van der Waals surface area contributed by atoms with Gasteiger partial charge in [0.2, 0.25) is 0 Å². The van der Waals surface area contributed by atoms with E-state index in [2.05, 4.69) is 268 Å². The van der Waals surface area contributed by atoms with Crippen molar-refractivity contribution in [2.24, 2.45) is 0 Å². The number of nitrogens with zero attached hydrogens (tertiary/aromatic N) is 2. The van der Waals surface area contributed by atoms with Gasteiger partial charge in [-0.25, -0.2) is 0 Å². The number of hydrogen-bond donors (Lipinski definition) is 0. The number of rotatable bonds is 6. The van der Waals surface area contributed by atoms with Gasteiger partial charge < -0.3 is 9.80 Å². The van der Waals surface area contributed by atoms with E-state index in [0.29, 0.717) is 0 Å². The minimum absolute atomic E-state index is 0.0315. The molecule has 0 radical (unpaired) electrons. The molecule has 10 rings (SSSR count). The molecule has 0 saturated carbocycles. The molecule has 0 saturated heterocycles. The van der Waals surface area contributed by atoms with Crippen LogP contribution in [-0.2, 0) is 16.2 Å². The van der Waals surface area contributed by atoms with Crippen molar-refractivity contribution in [1.29, 1.82) is 0 Å². The number of anilines is 6. The van der Waals surface area contributed by atoms with Crippen LogP contribution in [-0.4, -0.2) is 14.8 Å². The quantitative estimate of drug-likeness (QED) is 0.121. The fourth-order valence-corrected chi connectivity index (χ4v) is 15.8. The number of aryl methyl sites for hydroxylation is 2. The lowest BCUT2D eigenvalue weighted by Gasteiger charge is -2.46. The zero-order chi connectivity index (χ0) is 46.3. The Kier molecular flexibility index (Phi) is 10.5. The fourth-order valence-electron chi connectivity index (χ4n) is 11.0. The van der Waals surface area contributed by atoms with Crippen LogP contribution in [0.4, 0.5) is 34.1 Å². The molecular formula is C62H63BN2Si. The highest BCUT2D eigenvalue weighted by Gasteiger charge is 2.47. The topological polar surface area (TPSA) is 6.48 Å². The van der Waals surface area contributed by atoms with Gasteiger partial charge in [0.15, 0.2) is 8.07 Å². The van der Waals surface area contributed by atoms with E-state index in [1.54, 1.807) is 0 Å². The zero-order valence-corrected chi connectivity index (χ0v) is 41.8. The summed E-state index contributed by atoms with van der Waals surface area (Å²) in [6.45, 7) is 25.6. The number of fused-ring (bicyclic) bond motifs is 4. The molecule has 0 aromatic heterocycles. The van der Waals surface area contributed by atoms with Crippen LogP contribution in [0.15, 0.2) is 182 Å². The lowest BCUT2D eigenvalue weighted by atomic mass is 9.33. The van der Waals surface area contributed by atoms with Crippen molar-refractivity contribution in [1.82, 2.24) is 0 Å². The zero-order valence-electron chi connectivity index (χ0n) is 40.8. The maximum Gasteiger partial charge on any atom is 0.252 e. The highest BCUT2D eigenvalue weighted by Crippen LogP contribution is 2.47. The van der Waals surface area contributed by atoms with E-state index < -0.39 is 8.07 Å². The second-order valence-corrected chi connectivity index (χ2v) is 25.8. The van der Waals surface area contributed by atoms with Crippen molar-refractivity contribution in [3.63, 3.8) is 0 Å². The Balaban J connectivity index is 1.37. The lowest BCUT2D eigenvalue weighted by molar-refractivity contribution is 0.589. The van der Waals surface area contributed by atoms with E-state index in [1.807, 2.05) is 0 Å². The van der Waals surface area contributed by atoms with Crippen LogP contribution in [0.2, 0.25) is 0 Å². The van der Waals surface area contributed by atoms with Gasteiger partial charge in [0.1, 0.15) is 0 Å². The predicted molar refractivity (Wildman–Crippen MR) is 290 cm³/mol. The highest BCUT2D eigenvalue weighted by atomic mass is 28.3. The molecule has 8 aromatic carbocycles. The smallest absolute Gasteiger partial charge is 0.252 e. The van der Waals surface area contributed by atoms with Gasteiger partial charge in [-0.1, -0.05) is 208 Å². The normalized spacial score (nSPS) is 13.6. The monoisotopic (exact) mass is 874 g/mol. The molecule has 0 N–H and O–H groups in total. The van der Waals surface area contributed by atoms with Crippen LogP contribution in [0.5, 0.6) is 0 Å². The third-order valence-electron chi connectivity index (χ3n) is 14.5. The molecular weight excluding hydrogens is 812 g/mol. The third-order valence-corrected chi connectivity index (χ3v) is 19.3. The van der Waals surface area contributed by atoms with Crippen molar-refractivity contribution < 1.29 is 0 Å². The van der Waals surface area contributed by atoms with Crippen molar-refractivity contribution in [3.8, 4) is 0 Å². The van der Waals surface area contributed by atoms with Crippen molar-refractivity contribution >= 4 is 86.0 Å². The van der Waals surface area contributed by atoms with Crippen molar-refractivity contribution in [3.05, 3.63) is 210 Å². The minimum Gasteiger partial charge on any atom is -0.311 e. The molecule has 8 aromatic rings. The molecule has 0 fully saturated rings. The Bertz CT molecular complexity index is 2980. The first-order chi connectivity index (χ1) is 31.5. The van der Waals surface area contributed by atoms with Gasteiger partial charge in [-0.3, -0.25) is 0 Å². The van der Waals surface area contributed by atoms with Crippen LogP contribution >= 0.6 is 0 Å². The molecule has 4 heteroatoms. The van der Waals surface area contributed by atoms with Crippen LogP contribution in [0.3, 0.4) is 0 Å². The molecule has 0 bridgehead atoms. The Morgan fingerprint density at radius 1 is 0.364 bits per heavy atom. The Labute approximate surface area is 396 Å². The van der Waals surface area contributed by atoms with Gasteiger partial charge >= 0.3 is 0 Å². The van der Waals surface area contributed by atoms with E-state index in [0.717, 1.165) is 0 Å². The Morgan fingerprint density at radius 2 is 0.803 bits per heavy atom. The average molecular weight is 875 g/mol. The summed E-state index contributed by atoms with van der Waals surface area (Å²) in [5.74, 6) is 0. The molecule has 0 atom stereocenters. The summed E-state index contributed by atoms with van der Waals surface area (Å²) in [5, 5.41) is 5.52. The lowest BCUT2D eigenvalue weighted by Crippen LogP contribution is -2.75. The van der Waals surface area contributed by atoms with Crippen LogP contribution in [0.25, 0.3) is 0 Å². The second kappa shape index (κ2) is 15.9. The van der Waals surface area contributed by atoms with E-state index in [1.165, 1.54) is 99.1 Å². The summed E-state index contributed by atoms with van der Waals surface area (Å²) in [6, 6.07) is 70.4. The van der Waals surface area contributed by atoms with Crippen molar-refractivity contribution in [2.75, 3.05) is 9.80 Å². The van der Waals surface area contributed by atoms with Gasteiger partial charge in [0.05, 0.1) is 5.69 Å². The largest absolute Gasteiger partial charge is 0.311 e. The van der Waals surface area contributed by atoms with Crippen LogP contribution in [0, 0.1) is 13.8 Å². The molecule has 0 aliphatic carbocycles. The first-order valence-corrected chi connectivity index (χ1v) is 25.9. The molecule has 0 spiro atoms. The molecule has 66 heavy (non-hydrogen) atoms. The van der Waals surface area contributed by atoms with E-state index in [-0.39, 0.29) is 23.0 Å². The van der Waals surface area contributed by atoms with E-state index in [4.69, 9.17) is 0 Å². The summed E-state index contributed by atoms with van der Waals surface area (Å²) in [5.41, 5.74) is 17.9. The van der Waals surface area contributed by atoms with Gasteiger partial charge in [0.25, 0.3) is 6.71 Å². The standard InChI is InChI=1S/C62H63BN2Si/c1-42-22-21-23-43(2)59(42)65-55-37-35-51(66(48-24-15-12-16-25-48,49-26-17-13-18-27-49)50-28-19-14-20-29-50)41-53(55)63-52-38-45(61(6,7)8)32-36-54(52)64(47-33-30-44(31-34-47)60(3,4)5)56-39-46(62(9,10)11)40-57(65)58(56)63/h12-41H,1-11H3.